The van der Waals surface area contributed by atoms with E-state index < -0.39 is 11.9 Å². The second-order valence-electron chi connectivity index (χ2n) is 6.86. The molecule has 2 amide bonds. The number of carbonyl (C=O) groups excluding carboxylic acids is 2. The van der Waals surface area contributed by atoms with E-state index in [0.717, 1.165) is 11.4 Å². The number of nitrogens with zero attached hydrogens (tertiary/aromatic N) is 2. The lowest BCUT2D eigenvalue weighted by Gasteiger charge is -2.19. The number of hydrogen-bond donors (Lipinski definition) is 2. The van der Waals surface area contributed by atoms with Crippen molar-refractivity contribution in [2.75, 3.05) is 17.3 Å². The van der Waals surface area contributed by atoms with Crippen LogP contribution in [0.3, 0.4) is 0 Å². The van der Waals surface area contributed by atoms with Gasteiger partial charge >= 0.3 is 0 Å². The van der Waals surface area contributed by atoms with E-state index in [2.05, 4.69) is 15.7 Å². The normalized spacial score (nSPS) is 11.7. The standard InChI is InChI=1S/C22H22Cl2N4O2S/c1-14-8-10-25-28(14)17-5-3-4-16(13-17)26-22(30)20(9-11-31-2)27-21(29)18-7-6-15(23)12-19(18)24/h3-8,10,12-13,20H,9,11H2,1-2H3,(H,26,30)(H,27,29). The smallest absolute Gasteiger partial charge is 0.253 e. The molecule has 0 saturated heterocycles. The predicted molar refractivity (Wildman–Crippen MR) is 128 cm³/mol. The van der Waals surface area contributed by atoms with Gasteiger partial charge in [-0.2, -0.15) is 16.9 Å². The van der Waals surface area contributed by atoms with Gasteiger partial charge in [-0.05, 0) is 67.8 Å². The molecular formula is C22H22Cl2N4O2S. The number of nitrogens with one attached hydrogen (secondary N) is 2. The summed E-state index contributed by atoms with van der Waals surface area (Å²) in [4.78, 5) is 25.7. The van der Waals surface area contributed by atoms with E-state index in [-0.39, 0.29) is 16.5 Å². The van der Waals surface area contributed by atoms with E-state index in [9.17, 15) is 9.59 Å². The molecule has 9 heteroatoms. The zero-order chi connectivity index (χ0) is 22.4. The van der Waals surface area contributed by atoms with Crippen molar-refractivity contribution in [2.45, 2.75) is 19.4 Å². The number of aromatic nitrogens is 2. The first-order valence-electron chi connectivity index (χ1n) is 9.56. The maximum absolute atomic E-state index is 13.0. The molecule has 1 unspecified atom stereocenters. The van der Waals surface area contributed by atoms with Crippen molar-refractivity contribution in [3.8, 4) is 5.69 Å². The van der Waals surface area contributed by atoms with Gasteiger partial charge in [0.05, 0.1) is 16.3 Å². The van der Waals surface area contributed by atoms with Crippen LogP contribution in [0.15, 0.2) is 54.7 Å². The summed E-state index contributed by atoms with van der Waals surface area (Å²) < 4.78 is 1.78. The molecule has 0 saturated carbocycles. The highest BCUT2D eigenvalue weighted by atomic mass is 35.5. The molecule has 162 valence electrons. The van der Waals surface area contributed by atoms with Crippen LogP contribution in [0.2, 0.25) is 10.0 Å². The van der Waals surface area contributed by atoms with Crippen molar-refractivity contribution in [3.63, 3.8) is 0 Å². The molecule has 1 atom stereocenters. The number of amides is 2. The topological polar surface area (TPSA) is 76.0 Å². The first-order valence-corrected chi connectivity index (χ1v) is 11.7. The molecule has 0 aliphatic rings. The van der Waals surface area contributed by atoms with Crippen LogP contribution in [0, 0.1) is 6.92 Å². The average Bonchev–Trinajstić information content (AvgIpc) is 3.17. The Bertz CT molecular complexity index is 1090. The Morgan fingerprint density at radius 2 is 1.97 bits per heavy atom. The van der Waals surface area contributed by atoms with Gasteiger partial charge in [-0.25, -0.2) is 4.68 Å². The quantitative estimate of drug-likeness (QED) is 0.480. The molecule has 2 N–H and O–H groups in total. The van der Waals surface area contributed by atoms with E-state index in [4.69, 9.17) is 23.2 Å². The fourth-order valence-electron chi connectivity index (χ4n) is 3.00. The minimum Gasteiger partial charge on any atom is -0.340 e. The molecular weight excluding hydrogens is 455 g/mol. The molecule has 0 bridgehead atoms. The number of anilines is 1. The number of halogens is 2. The molecule has 0 aliphatic carbocycles. The molecule has 1 heterocycles. The number of aryl methyl sites for hydroxylation is 1. The van der Waals surface area contributed by atoms with Crippen LogP contribution in [0.25, 0.3) is 5.69 Å². The second kappa shape index (κ2) is 10.7. The Hall–Kier alpha value is -2.48. The zero-order valence-electron chi connectivity index (χ0n) is 17.1. The van der Waals surface area contributed by atoms with E-state index in [1.54, 1.807) is 40.8 Å². The van der Waals surface area contributed by atoms with Gasteiger partial charge in [-0.15, -0.1) is 0 Å². The molecule has 3 aromatic rings. The SMILES string of the molecule is CSCCC(NC(=O)c1ccc(Cl)cc1Cl)C(=O)Nc1cccc(-n2nccc2C)c1. The molecule has 1 aromatic heterocycles. The van der Waals surface area contributed by atoms with E-state index in [1.165, 1.54) is 6.07 Å². The number of rotatable bonds is 8. The van der Waals surface area contributed by atoms with Crippen molar-refractivity contribution in [2.24, 2.45) is 0 Å². The molecule has 0 spiro atoms. The fraction of sp³-hybridized carbons (Fsp3) is 0.227. The summed E-state index contributed by atoms with van der Waals surface area (Å²) in [5.74, 6) is -0.0233. The molecule has 31 heavy (non-hydrogen) atoms. The first kappa shape index (κ1) is 23.2. The first-order chi connectivity index (χ1) is 14.9. The van der Waals surface area contributed by atoms with Crippen LogP contribution >= 0.6 is 35.0 Å². The van der Waals surface area contributed by atoms with Gasteiger partial charge in [0.1, 0.15) is 6.04 Å². The number of benzene rings is 2. The lowest BCUT2D eigenvalue weighted by Crippen LogP contribution is -2.44. The minimum absolute atomic E-state index is 0.233. The highest BCUT2D eigenvalue weighted by Gasteiger charge is 2.22. The van der Waals surface area contributed by atoms with Gasteiger partial charge in [0.25, 0.3) is 5.91 Å². The monoisotopic (exact) mass is 476 g/mol. The molecule has 0 radical (unpaired) electrons. The Kier molecular flexibility index (Phi) is 8.01. The third-order valence-corrected chi connectivity index (χ3v) is 5.79. The van der Waals surface area contributed by atoms with E-state index in [0.29, 0.717) is 22.9 Å². The van der Waals surface area contributed by atoms with E-state index >= 15 is 0 Å². The second-order valence-corrected chi connectivity index (χ2v) is 8.68. The van der Waals surface area contributed by atoms with Crippen LogP contribution in [0.4, 0.5) is 5.69 Å². The van der Waals surface area contributed by atoms with Gasteiger partial charge < -0.3 is 10.6 Å². The molecule has 2 aromatic carbocycles. The summed E-state index contributed by atoms with van der Waals surface area (Å²) in [5.41, 5.74) is 2.70. The van der Waals surface area contributed by atoms with Crippen LogP contribution in [-0.2, 0) is 4.79 Å². The molecule has 0 aliphatic heterocycles. The fourth-order valence-corrected chi connectivity index (χ4v) is 3.96. The third-order valence-electron chi connectivity index (χ3n) is 4.60. The number of thioether (sulfide) groups is 1. The number of carbonyl (C=O) groups is 2. The Labute approximate surface area is 195 Å². The van der Waals surface area contributed by atoms with Gasteiger partial charge in [-0.3, -0.25) is 9.59 Å². The van der Waals surface area contributed by atoms with Gasteiger partial charge in [0.2, 0.25) is 5.91 Å². The van der Waals surface area contributed by atoms with E-state index in [1.807, 2.05) is 37.4 Å². The number of hydrogen-bond acceptors (Lipinski definition) is 4. The summed E-state index contributed by atoms with van der Waals surface area (Å²) in [6.07, 6.45) is 4.14. The largest absolute Gasteiger partial charge is 0.340 e. The van der Waals surface area contributed by atoms with Crippen LogP contribution < -0.4 is 10.6 Å². The van der Waals surface area contributed by atoms with Crippen molar-refractivity contribution in [1.29, 1.82) is 0 Å². The van der Waals surface area contributed by atoms with Gasteiger partial charge in [0.15, 0.2) is 0 Å². The van der Waals surface area contributed by atoms with Crippen LogP contribution in [-0.4, -0.2) is 39.6 Å². The van der Waals surface area contributed by atoms with Crippen molar-refractivity contribution in [1.82, 2.24) is 15.1 Å². The third kappa shape index (κ3) is 6.03. The van der Waals surface area contributed by atoms with Crippen molar-refractivity contribution >= 4 is 52.5 Å². The summed E-state index contributed by atoms with van der Waals surface area (Å²) >= 11 is 13.6. The Balaban J connectivity index is 1.75. The van der Waals surface area contributed by atoms with Crippen LogP contribution in [0.1, 0.15) is 22.5 Å². The van der Waals surface area contributed by atoms with Crippen molar-refractivity contribution in [3.05, 3.63) is 76.0 Å². The summed E-state index contributed by atoms with van der Waals surface area (Å²) in [6, 6.07) is 13.2. The molecule has 3 rings (SSSR count). The lowest BCUT2D eigenvalue weighted by molar-refractivity contribution is -0.118. The van der Waals surface area contributed by atoms with Gasteiger partial charge in [-0.1, -0.05) is 29.3 Å². The predicted octanol–water partition coefficient (Wildman–Crippen LogP) is 4.98. The summed E-state index contributed by atoms with van der Waals surface area (Å²) in [7, 11) is 0. The summed E-state index contributed by atoms with van der Waals surface area (Å²) in [5, 5.41) is 10.6. The van der Waals surface area contributed by atoms with Gasteiger partial charge in [0, 0.05) is 22.6 Å². The van der Waals surface area contributed by atoms with Crippen LogP contribution in [0.5, 0.6) is 0 Å². The summed E-state index contributed by atoms with van der Waals surface area (Å²) in [6.45, 7) is 1.95. The zero-order valence-corrected chi connectivity index (χ0v) is 19.4. The maximum Gasteiger partial charge on any atom is 0.253 e. The minimum atomic E-state index is -0.721. The Morgan fingerprint density at radius 3 is 2.65 bits per heavy atom. The highest BCUT2D eigenvalue weighted by molar-refractivity contribution is 7.98. The Morgan fingerprint density at radius 1 is 1.16 bits per heavy atom. The van der Waals surface area contributed by atoms with Crippen molar-refractivity contribution < 1.29 is 9.59 Å². The lowest BCUT2D eigenvalue weighted by atomic mass is 10.1. The maximum atomic E-state index is 13.0. The average molecular weight is 477 g/mol. The molecule has 6 nitrogen and oxygen atoms in total. The molecule has 0 fully saturated rings. The highest BCUT2D eigenvalue weighted by Crippen LogP contribution is 2.21.